The molecule has 3 N–H and O–H groups in total. The van der Waals surface area contributed by atoms with E-state index in [9.17, 15) is 8.78 Å². The van der Waals surface area contributed by atoms with Gasteiger partial charge in [0.15, 0.2) is 0 Å². The van der Waals surface area contributed by atoms with Crippen molar-refractivity contribution in [3.05, 3.63) is 47.7 Å². The van der Waals surface area contributed by atoms with Crippen molar-refractivity contribution >= 4 is 21.9 Å². The number of aromatic nitrogens is 3. The van der Waals surface area contributed by atoms with Gasteiger partial charge in [-0.15, -0.1) is 0 Å². The van der Waals surface area contributed by atoms with Crippen molar-refractivity contribution < 1.29 is 8.78 Å². The summed E-state index contributed by atoms with van der Waals surface area (Å²) in [7, 11) is 1.86. The number of halogens is 2. The van der Waals surface area contributed by atoms with Crippen LogP contribution in [0.15, 0.2) is 36.3 Å². The van der Waals surface area contributed by atoms with Gasteiger partial charge in [-0.3, -0.25) is 4.98 Å². The minimum Gasteiger partial charge on any atom is -0.401 e. The van der Waals surface area contributed by atoms with Gasteiger partial charge >= 0.3 is 0 Å². The molecule has 0 atom stereocenters. The lowest BCUT2D eigenvalue weighted by atomic mass is 10.1. The Balaban J connectivity index is 2.13. The Kier molecular flexibility index (Phi) is 3.85. The molecular weight excluding hydrogens is 300 g/mol. The third-order valence-electron chi connectivity index (χ3n) is 3.66. The van der Waals surface area contributed by atoms with Crippen molar-refractivity contribution in [2.45, 2.75) is 19.9 Å². The first kappa shape index (κ1) is 15.2. The van der Waals surface area contributed by atoms with Crippen LogP contribution in [0.1, 0.15) is 24.7 Å². The summed E-state index contributed by atoms with van der Waals surface area (Å²) < 4.78 is 27.8. The highest BCUT2D eigenvalue weighted by atomic mass is 19.3. The van der Waals surface area contributed by atoms with Gasteiger partial charge in [0.25, 0.3) is 6.43 Å². The van der Waals surface area contributed by atoms with Crippen LogP contribution in [0.25, 0.3) is 21.9 Å². The zero-order valence-corrected chi connectivity index (χ0v) is 12.8. The SMILES string of the molecule is C/C(N)=C/NCc1nc2cnc3ccc(C(F)F)cc3c2n1C. The second-order valence-corrected chi connectivity index (χ2v) is 5.43. The summed E-state index contributed by atoms with van der Waals surface area (Å²) in [6.45, 7) is 2.26. The third kappa shape index (κ3) is 2.81. The topological polar surface area (TPSA) is 68.8 Å². The van der Waals surface area contributed by atoms with Gasteiger partial charge in [0.1, 0.15) is 11.3 Å². The Morgan fingerprint density at radius 1 is 1.39 bits per heavy atom. The molecule has 0 aliphatic carbocycles. The van der Waals surface area contributed by atoms with Crippen LogP contribution in [0.3, 0.4) is 0 Å². The van der Waals surface area contributed by atoms with E-state index in [1.165, 1.54) is 12.1 Å². The molecule has 3 aromatic rings. The number of nitrogens with two attached hydrogens (primary N) is 1. The summed E-state index contributed by atoms with van der Waals surface area (Å²) in [5.41, 5.74) is 8.36. The van der Waals surface area contributed by atoms with E-state index in [-0.39, 0.29) is 5.56 Å². The standard InChI is InChI=1S/C16H17F2N5/c1-9(19)6-20-8-14-22-13-7-21-12-4-3-10(16(17)18)5-11(12)15(13)23(14)2/h3-7,16,20H,8,19H2,1-2H3/b9-6-. The Bertz CT molecular complexity index is 894. The lowest BCUT2D eigenvalue weighted by Crippen LogP contribution is -2.11. The van der Waals surface area contributed by atoms with Gasteiger partial charge in [-0.1, -0.05) is 6.07 Å². The number of pyridine rings is 1. The smallest absolute Gasteiger partial charge is 0.263 e. The van der Waals surface area contributed by atoms with Crippen LogP contribution in [0.2, 0.25) is 0 Å². The fourth-order valence-electron chi connectivity index (χ4n) is 2.56. The van der Waals surface area contributed by atoms with E-state index < -0.39 is 6.43 Å². The van der Waals surface area contributed by atoms with Gasteiger partial charge in [-0.25, -0.2) is 13.8 Å². The second-order valence-electron chi connectivity index (χ2n) is 5.43. The van der Waals surface area contributed by atoms with Crippen LogP contribution in [0.5, 0.6) is 0 Å². The summed E-state index contributed by atoms with van der Waals surface area (Å²) in [6, 6.07) is 4.50. The Hall–Kier alpha value is -2.70. The second kappa shape index (κ2) is 5.83. The zero-order valence-electron chi connectivity index (χ0n) is 12.8. The van der Waals surface area contributed by atoms with Crippen molar-refractivity contribution in [1.82, 2.24) is 19.9 Å². The average Bonchev–Trinajstić information content (AvgIpc) is 2.83. The molecule has 0 fully saturated rings. The quantitative estimate of drug-likeness (QED) is 0.776. The van der Waals surface area contributed by atoms with Crippen molar-refractivity contribution in [1.29, 1.82) is 0 Å². The largest absolute Gasteiger partial charge is 0.401 e. The molecule has 120 valence electrons. The minimum atomic E-state index is -2.51. The van der Waals surface area contributed by atoms with E-state index in [1.807, 2.05) is 11.6 Å². The minimum absolute atomic E-state index is 0.0191. The molecule has 0 radical (unpaired) electrons. The maximum Gasteiger partial charge on any atom is 0.263 e. The van der Waals surface area contributed by atoms with E-state index in [1.54, 1.807) is 25.4 Å². The molecule has 0 bridgehead atoms. The number of nitrogens with one attached hydrogen (secondary N) is 1. The molecule has 0 spiro atoms. The van der Waals surface area contributed by atoms with Crippen LogP contribution in [-0.4, -0.2) is 14.5 Å². The number of aryl methyl sites for hydroxylation is 1. The predicted molar refractivity (Wildman–Crippen MR) is 85.8 cm³/mol. The maximum absolute atomic E-state index is 13.0. The van der Waals surface area contributed by atoms with Crippen molar-refractivity contribution in [2.24, 2.45) is 12.8 Å². The van der Waals surface area contributed by atoms with E-state index in [4.69, 9.17) is 5.73 Å². The molecule has 0 saturated carbocycles. The van der Waals surface area contributed by atoms with E-state index in [0.29, 0.717) is 28.7 Å². The molecule has 0 amide bonds. The van der Waals surface area contributed by atoms with E-state index >= 15 is 0 Å². The zero-order chi connectivity index (χ0) is 16.6. The van der Waals surface area contributed by atoms with Crippen LogP contribution in [0, 0.1) is 0 Å². The summed E-state index contributed by atoms with van der Waals surface area (Å²) in [4.78, 5) is 8.81. The number of hydrogen-bond acceptors (Lipinski definition) is 4. The average molecular weight is 317 g/mol. The molecule has 3 rings (SSSR count). The lowest BCUT2D eigenvalue weighted by molar-refractivity contribution is 0.151. The van der Waals surface area contributed by atoms with Crippen LogP contribution in [0.4, 0.5) is 8.78 Å². The number of nitrogens with zero attached hydrogens (tertiary/aromatic N) is 3. The number of alkyl halides is 2. The first-order valence-electron chi connectivity index (χ1n) is 7.15. The Morgan fingerprint density at radius 2 is 2.17 bits per heavy atom. The van der Waals surface area contributed by atoms with E-state index in [0.717, 1.165) is 11.3 Å². The number of imidazole rings is 1. The molecule has 5 nitrogen and oxygen atoms in total. The van der Waals surface area contributed by atoms with Crippen molar-refractivity contribution in [2.75, 3.05) is 0 Å². The highest BCUT2D eigenvalue weighted by Gasteiger charge is 2.14. The Morgan fingerprint density at radius 3 is 2.87 bits per heavy atom. The fourth-order valence-corrected chi connectivity index (χ4v) is 2.56. The molecule has 0 aliphatic heterocycles. The van der Waals surface area contributed by atoms with Gasteiger partial charge in [0.2, 0.25) is 0 Å². The molecule has 23 heavy (non-hydrogen) atoms. The summed E-state index contributed by atoms with van der Waals surface area (Å²) in [5.74, 6) is 0.772. The summed E-state index contributed by atoms with van der Waals surface area (Å²) in [5, 5.41) is 3.74. The molecule has 2 heterocycles. The number of hydrogen-bond donors (Lipinski definition) is 2. The van der Waals surface area contributed by atoms with Gasteiger partial charge < -0.3 is 15.6 Å². The molecule has 0 unspecified atom stereocenters. The summed E-state index contributed by atoms with van der Waals surface area (Å²) >= 11 is 0. The van der Waals surface area contributed by atoms with E-state index in [2.05, 4.69) is 15.3 Å². The first-order valence-corrected chi connectivity index (χ1v) is 7.15. The maximum atomic E-state index is 13.0. The van der Waals surface area contributed by atoms with Crippen LogP contribution < -0.4 is 11.1 Å². The number of benzene rings is 1. The molecule has 2 aromatic heterocycles. The lowest BCUT2D eigenvalue weighted by Gasteiger charge is -2.06. The third-order valence-corrected chi connectivity index (χ3v) is 3.66. The Labute approximate surface area is 131 Å². The predicted octanol–water partition coefficient (Wildman–Crippen LogP) is 2.97. The molecule has 1 aromatic carbocycles. The molecule has 7 heteroatoms. The fraction of sp³-hybridized carbons (Fsp3) is 0.250. The van der Waals surface area contributed by atoms with Gasteiger partial charge in [-0.05, 0) is 19.1 Å². The number of fused-ring (bicyclic) bond motifs is 3. The van der Waals surface area contributed by atoms with Gasteiger partial charge in [-0.2, -0.15) is 0 Å². The summed E-state index contributed by atoms with van der Waals surface area (Å²) in [6.07, 6.45) is 0.847. The van der Waals surface area contributed by atoms with Gasteiger partial charge in [0.05, 0.1) is 23.8 Å². The van der Waals surface area contributed by atoms with Gasteiger partial charge in [0, 0.05) is 29.9 Å². The number of allylic oxidation sites excluding steroid dienone is 1. The normalized spacial score (nSPS) is 12.5. The van der Waals surface area contributed by atoms with Crippen LogP contribution in [-0.2, 0) is 13.6 Å². The molecule has 0 aliphatic rings. The number of rotatable bonds is 4. The highest BCUT2D eigenvalue weighted by molar-refractivity contribution is 6.02. The van der Waals surface area contributed by atoms with Crippen molar-refractivity contribution in [3.63, 3.8) is 0 Å². The van der Waals surface area contributed by atoms with Crippen LogP contribution >= 0.6 is 0 Å². The monoisotopic (exact) mass is 317 g/mol. The first-order chi connectivity index (χ1) is 11.0. The highest BCUT2D eigenvalue weighted by Crippen LogP contribution is 2.28. The van der Waals surface area contributed by atoms with Crippen molar-refractivity contribution in [3.8, 4) is 0 Å². The molecular formula is C16H17F2N5. The molecule has 0 saturated heterocycles.